The first-order valence-corrected chi connectivity index (χ1v) is 8.55. The Morgan fingerprint density at radius 1 is 1.25 bits per heavy atom. The number of aromatic nitrogens is 1. The molecule has 3 heterocycles. The first-order valence-electron chi connectivity index (χ1n) is 8.55. The smallest absolute Gasteiger partial charge is 0.324 e. The van der Waals surface area contributed by atoms with Crippen molar-refractivity contribution < 1.29 is 9.53 Å². The van der Waals surface area contributed by atoms with Gasteiger partial charge < -0.3 is 9.64 Å². The van der Waals surface area contributed by atoms with Crippen LogP contribution in [0.2, 0.25) is 0 Å². The molecular weight excluding hydrogens is 306 g/mol. The van der Waals surface area contributed by atoms with E-state index >= 15 is 0 Å². The number of hydrazine groups is 1. The zero-order valence-electron chi connectivity index (χ0n) is 14.7. The minimum atomic E-state index is -0.251. The lowest BCUT2D eigenvalue weighted by atomic mass is 10.0. The van der Waals surface area contributed by atoms with E-state index in [1.165, 1.54) is 12.8 Å². The van der Waals surface area contributed by atoms with E-state index in [1.54, 1.807) is 0 Å². The number of carbonyl (C=O) groups excluding carboxylic acids is 1. The lowest BCUT2D eigenvalue weighted by Crippen LogP contribution is -2.50. The zero-order valence-corrected chi connectivity index (χ0v) is 14.7. The van der Waals surface area contributed by atoms with Gasteiger partial charge in [0, 0.05) is 62.3 Å². The highest BCUT2D eigenvalue weighted by Crippen LogP contribution is 2.20. The summed E-state index contributed by atoms with van der Waals surface area (Å²) in [6, 6.07) is 4.06. The topological polar surface area (TPSA) is 69.7 Å². The molecule has 0 spiro atoms. The van der Waals surface area contributed by atoms with E-state index < -0.39 is 0 Å². The molecule has 2 aliphatic rings. The Bertz CT molecular complexity index is 566. The van der Waals surface area contributed by atoms with Gasteiger partial charge in [0.25, 0.3) is 0 Å². The molecule has 2 aliphatic heterocycles. The lowest BCUT2D eigenvalue weighted by molar-refractivity contribution is -0.144. The fourth-order valence-corrected chi connectivity index (χ4v) is 3.60. The third-order valence-electron chi connectivity index (χ3n) is 4.84. The van der Waals surface area contributed by atoms with Crippen molar-refractivity contribution in [1.29, 1.82) is 0 Å². The minimum absolute atomic E-state index is 0.189. The van der Waals surface area contributed by atoms with Crippen molar-refractivity contribution >= 4 is 11.7 Å². The normalized spacial score (nSPS) is 25.0. The maximum atomic E-state index is 11.8. The standard InChI is InChI=1S/C17H27N5O2/c1-12-8-15(9-13(2)19-12)22-6-4-21(5-7-22)11-14-10-18-20-16(14)17(23)24-3/h8-9,14,16,18,20H,4-7,10-11H2,1-3H3. The van der Waals surface area contributed by atoms with Crippen molar-refractivity contribution in [2.75, 3.05) is 51.3 Å². The average molecular weight is 333 g/mol. The predicted molar refractivity (Wildman–Crippen MR) is 92.8 cm³/mol. The molecule has 0 aromatic carbocycles. The van der Waals surface area contributed by atoms with Gasteiger partial charge in [0.1, 0.15) is 6.04 Å². The number of hydrogen-bond acceptors (Lipinski definition) is 7. The quantitative estimate of drug-likeness (QED) is 0.757. The van der Waals surface area contributed by atoms with Gasteiger partial charge in [0.05, 0.1) is 7.11 Å². The van der Waals surface area contributed by atoms with E-state index in [4.69, 9.17) is 4.74 Å². The Morgan fingerprint density at radius 3 is 2.54 bits per heavy atom. The van der Waals surface area contributed by atoms with E-state index in [0.29, 0.717) is 0 Å². The number of esters is 1. The molecule has 1 aromatic rings. The van der Waals surface area contributed by atoms with Crippen LogP contribution >= 0.6 is 0 Å². The van der Waals surface area contributed by atoms with Gasteiger partial charge in [-0.1, -0.05) is 0 Å². The zero-order chi connectivity index (χ0) is 17.1. The summed E-state index contributed by atoms with van der Waals surface area (Å²) < 4.78 is 4.88. The van der Waals surface area contributed by atoms with Gasteiger partial charge in [-0.05, 0) is 26.0 Å². The molecular formula is C17H27N5O2. The molecule has 2 saturated heterocycles. The van der Waals surface area contributed by atoms with Gasteiger partial charge >= 0.3 is 5.97 Å². The van der Waals surface area contributed by atoms with E-state index in [-0.39, 0.29) is 17.9 Å². The van der Waals surface area contributed by atoms with Gasteiger partial charge in [-0.2, -0.15) is 0 Å². The summed E-state index contributed by atoms with van der Waals surface area (Å²) in [5.74, 6) is 0.0563. The molecule has 7 nitrogen and oxygen atoms in total. The minimum Gasteiger partial charge on any atom is -0.468 e. The third kappa shape index (κ3) is 3.85. The summed E-state index contributed by atoms with van der Waals surface area (Å²) in [5, 5.41) is 0. The highest BCUT2D eigenvalue weighted by molar-refractivity contribution is 5.76. The van der Waals surface area contributed by atoms with Crippen molar-refractivity contribution in [3.8, 4) is 0 Å². The van der Waals surface area contributed by atoms with Gasteiger partial charge in [-0.3, -0.25) is 20.1 Å². The molecule has 0 bridgehead atoms. The van der Waals surface area contributed by atoms with Gasteiger partial charge in [0.15, 0.2) is 0 Å². The van der Waals surface area contributed by atoms with Crippen LogP contribution in [0.4, 0.5) is 5.69 Å². The Balaban J connectivity index is 1.54. The molecule has 2 unspecified atom stereocenters. The molecule has 1 aromatic heterocycles. The van der Waals surface area contributed by atoms with Crippen LogP contribution in [0.25, 0.3) is 0 Å². The third-order valence-corrected chi connectivity index (χ3v) is 4.84. The second-order valence-corrected chi connectivity index (χ2v) is 6.68. The summed E-state index contributed by atoms with van der Waals surface area (Å²) in [4.78, 5) is 21.1. The van der Waals surface area contributed by atoms with Crippen molar-refractivity contribution in [3.05, 3.63) is 23.5 Å². The molecule has 0 saturated carbocycles. The van der Waals surface area contributed by atoms with Crippen LogP contribution in [0, 0.1) is 19.8 Å². The van der Waals surface area contributed by atoms with Gasteiger partial charge in [-0.15, -0.1) is 0 Å². The summed E-state index contributed by atoms with van der Waals surface area (Å²) in [5.41, 5.74) is 9.50. The molecule has 7 heteroatoms. The highest BCUT2D eigenvalue weighted by Gasteiger charge is 2.35. The fourth-order valence-electron chi connectivity index (χ4n) is 3.60. The molecule has 2 N–H and O–H groups in total. The monoisotopic (exact) mass is 333 g/mol. The first-order chi connectivity index (χ1) is 11.6. The Labute approximate surface area is 143 Å². The van der Waals surface area contributed by atoms with Crippen LogP contribution in [0.1, 0.15) is 11.4 Å². The number of methoxy groups -OCH3 is 1. The molecule has 24 heavy (non-hydrogen) atoms. The summed E-state index contributed by atoms with van der Waals surface area (Å²) in [6.07, 6.45) is 0. The van der Waals surface area contributed by atoms with E-state index in [2.05, 4.69) is 37.8 Å². The van der Waals surface area contributed by atoms with Crippen molar-refractivity contribution in [2.24, 2.45) is 5.92 Å². The molecule has 0 amide bonds. The Morgan fingerprint density at radius 2 is 1.92 bits per heavy atom. The van der Waals surface area contributed by atoms with Gasteiger partial charge in [-0.25, -0.2) is 5.43 Å². The Hall–Kier alpha value is -1.70. The van der Waals surface area contributed by atoms with Crippen molar-refractivity contribution in [1.82, 2.24) is 20.7 Å². The second kappa shape index (κ2) is 7.46. The number of aryl methyl sites for hydroxylation is 2. The number of carbonyl (C=O) groups is 1. The number of ether oxygens (including phenoxy) is 1. The van der Waals surface area contributed by atoms with Gasteiger partial charge in [0.2, 0.25) is 0 Å². The molecule has 2 atom stereocenters. The molecule has 132 valence electrons. The van der Waals surface area contributed by atoms with Crippen LogP contribution in [-0.2, 0) is 9.53 Å². The summed E-state index contributed by atoms with van der Waals surface area (Å²) in [6.45, 7) is 9.79. The summed E-state index contributed by atoms with van der Waals surface area (Å²) >= 11 is 0. The van der Waals surface area contributed by atoms with Crippen LogP contribution < -0.4 is 15.8 Å². The Kier molecular flexibility index (Phi) is 5.33. The second-order valence-electron chi connectivity index (χ2n) is 6.68. The van der Waals surface area contributed by atoms with E-state index in [0.717, 1.165) is 50.7 Å². The van der Waals surface area contributed by atoms with Crippen molar-refractivity contribution in [3.63, 3.8) is 0 Å². The average Bonchev–Trinajstić information content (AvgIpc) is 3.02. The number of pyridine rings is 1. The summed E-state index contributed by atoms with van der Waals surface area (Å²) in [7, 11) is 1.44. The van der Waals surface area contributed by atoms with Crippen LogP contribution in [0.15, 0.2) is 12.1 Å². The molecule has 2 fully saturated rings. The number of piperazine rings is 1. The first kappa shape index (κ1) is 17.1. The molecule has 0 radical (unpaired) electrons. The maximum absolute atomic E-state index is 11.8. The number of anilines is 1. The van der Waals surface area contributed by atoms with E-state index in [1.807, 2.05) is 13.8 Å². The predicted octanol–water partition coefficient (Wildman–Crippen LogP) is 0.0860. The SMILES string of the molecule is COC(=O)C1NNCC1CN1CCN(c2cc(C)nc(C)c2)CC1. The van der Waals surface area contributed by atoms with Crippen LogP contribution in [0.3, 0.4) is 0 Å². The maximum Gasteiger partial charge on any atom is 0.324 e. The molecule has 0 aliphatic carbocycles. The fraction of sp³-hybridized carbons (Fsp3) is 0.647. The molecule has 3 rings (SSSR count). The number of nitrogens with one attached hydrogen (secondary N) is 2. The van der Waals surface area contributed by atoms with Crippen LogP contribution in [-0.4, -0.2) is 68.3 Å². The number of rotatable bonds is 4. The number of hydrogen-bond donors (Lipinski definition) is 2. The van der Waals surface area contributed by atoms with Crippen LogP contribution in [0.5, 0.6) is 0 Å². The van der Waals surface area contributed by atoms with Crippen molar-refractivity contribution in [2.45, 2.75) is 19.9 Å². The lowest BCUT2D eigenvalue weighted by Gasteiger charge is -2.37. The number of nitrogens with zero attached hydrogens (tertiary/aromatic N) is 3. The van der Waals surface area contributed by atoms with E-state index in [9.17, 15) is 4.79 Å². The largest absolute Gasteiger partial charge is 0.468 e. The highest BCUT2D eigenvalue weighted by atomic mass is 16.5.